The van der Waals surface area contributed by atoms with Crippen molar-refractivity contribution < 1.29 is 4.79 Å². The van der Waals surface area contributed by atoms with Crippen molar-refractivity contribution in [3.05, 3.63) is 0 Å². The lowest BCUT2D eigenvalue weighted by Gasteiger charge is -2.51. The fraction of sp³-hybridized carbons (Fsp3) is 0.958. The van der Waals surface area contributed by atoms with Gasteiger partial charge in [0.25, 0.3) is 0 Å². The molecule has 4 rings (SSSR count). The van der Waals surface area contributed by atoms with E-state index >= 15 is 0 Å². The van der Waals surface area contributed by atoms with Gasteiger partial charge in [0.1, 0.15) is 5.78 Å². The summed E-state index contributed by atoms with van der Waals surface area (Å²) in [5.74, 6) is 6.87. The fourth-order valence-electron chi connectivity index (χ4n) is 7.72. The third-order valence-electron chi connectivity index (χ3n) is 8.86. The molecule has 1 nitrogen and oxygen atoms in total. The Morgan fingerprint density at radius 3 is 2.35 bits per heavy atom. The maximum atomic E-state index is 12.9. The lowest BCUT2D eigenvalue weighted by atomic mass is 9.53. The summed E-state index contributed by atoms with van der Waals surface area (Å²) in [4.78, 5) is 12.9. The minimum absolute atomic E-state index is 0.451. The van der Waals surface area contributed by atoms with Crippen molar-refractivity contribution in [1.82, 2.24) is 0 Å². The summed E-state index contributed by atoms with van der Waals surface area (Å²) in [7, 11) is 0. The Hall–Kier alpha value is 0.0200. The summed E-state index contributed by atoms with van der Waals surface area (Å²) in [6, 6.07) is 0. The van der Waals surface area contributed by atoms with Gasteiger partial charge in [0.05, 0.1) is 0 Å². The van der Waals surface area contributed by atoms with Gasteiger partial charge < -0.3 is 0 Å². The third kappa shape index (κ3) is 3.65. The highest BCUT2D eigenvalue weighted by molar-refractivity contribution is 7.81. The second kappa shape index (κ2) is 8.18. The van der Waals surface area contributed by atoms with E-state index in [4.69, 9.17) is 12.6 Å². The van der Waals surface area contributed by atoms with Crippen LogP contribution in [-0.2, 0) is 4.79 Å². The van der Waals surface area contributed by atoms with Gasteiger partial charge in [-0.3, -0.25) is 4.79 Å². The van der Waals surface area contributed by atoms with E-state index in [1.807, 2.05) is 0 Å². The molecule has 4 fully saturated rings. The van der Waals surface area contributed by atoms with Crippen molar-refractivity contribution in [2.75, 3.05) is 0 Å². The smallest absolute Gasteiger partial charge is 0.136 e. The largest absolute Gasteiger partial charge is 0.299 e. The molecule has 8 atom stereocenters. The van der Waals surface area contributed by atoms with Crippen LogP contribution in [0.5, 0.6) is 0 Å². The monoisotopic (exact) mass is 376 g/mol. The van der Waals surface area contributed by atoms with Crippen LogP contribution in [0.3, 0.4) is 0 Å². The third-order valence-corrected chi connectivity index (χ3v) is 9.50. The van der Waals surface area contributed by atoms with Crippen molar-refractivity contribution in [3.63, 3.8) is 0 Å². The highest BCUT2D eigenvalue weighted by Gasteiger charge is 2.53. The number of carbonyl (C=O) groups is 1. The zero-order chi connectivity index (χ0) is 18.3. The maximum absolute atomic E-state index is 12.9. The van der Waals surface area contributed by atoms with E-state index in [1.54, 1.807) is 0 Å². The van der Waals surface area contributed by atoms with Gasteiger partial charge in [0.15, 0.2) is 0 Å². The number of carbonyl (C=O) groups excluding carboxylic acids is 1. The summed E-state index contributed by atoms with van der Waals surface area (Å²) in [6.07, 6.45) is 15.8. The first-order valence-electron chi connectivity index (χ1n) is 11.8. The Morgan fingerprint density at radius 2 is 1.54 bits per heavy atom. The molecule has 4 saturated carbocycles. The van der Waals surface area contributed by atoms with E-state index < -0.39 is 0 Å². The second-order valence-electron chi connectivity index (χ2n) is 10.6. The van der Waals surface area contributed by atoms with Crippen molar-refractivity contribution in [2.45, 2.75) is 96.1 Å². The predicted molar refractivity (Wildman–Crippen MR) is 112 cm³/mol. The van der Waals surface area contributed by atoms with Crippen LogP contribution in [0.2, 0.25) is 0 Å². The molecular formula is C24H40OS. The standard InChI is InChI=1S/C24H40OS/c1-15(2)6-5-9-24(26)21-13-12-19-17(21)10-11-18-16-7-3-4-8-20(16)23(25)14-22(18)19/h15-22,24,26H,3-14H2,1-2H3. The topological polar surface area (TPSA) is 17.1 Å². The maximum Gasteiger partial charge on any atom is 0.136 e. The van der Waals surface area contributed by atoms with Gasteiger partial charge >= 0.3 is 0 Å². The van der Waals surface area contributed by atoms with Crippen molar-refractivity contribution in [1.29, 1.82) is 0 Å². The van der Waals surface area contributed by atoms with Crippen molar-refractivity contribution in [2.24, 2.45) is 47.3 Å². The molecule has 148 valence electrons. The first-order chi connectivity index (χ1) is 12.6. The number of thiol groups is 1. The number of hydrogen-bond acceptors (Lipinski definition) is 2. The molecular weight excluding hydrogens is 336 g/mol. The predicted octanol–water partition coefficient (Wildman–Crippen LogP) is 6.56. The molecule has 8 unspecified atom stereocenters. The number of rotatable bonds is 5. The minimum Gasteiger partial charge on any atom is -0.299 e. The van der Waals surface area contributed by atoms with Gasteiger partial charge in [0, 0.05) is 17.6 Å². The van der Waals surface area contributed by atoms with Crippen molar-refractivity contribution in [3.8, 4) is 0 Å². The number of Topliss-reactive ketones (excluding diaryl/α,β-unsaturated/α-hetero) is 1. The Morgan fingerprint density at radius 1 is 0.846 bits per heavy atom. The van der Waals surface area contributed by atoms with E-state index in [1.165, 1.54) is 70.6 Å². The molecule has 26 heavy (non-hydrogen) atoms. The first-order valence-corrected chi connectivity index (χ1v) is 12.3. The molecule has 0 N–H and O–H groups in total. The molecule has 0 aromatic rings. The van der Waals surface area contributed by atoms with Crippen LogP contribution in [0.25, 0.3) is 0 Å². The van der Waals surface area contributed by atoms with Crippen LogP contribution < -0.4 is 0 Å². The first kappa shape index (κ1) is 19.3. The quantitative estimate of drug-likeness (QED) is 0.538. The summed E-state index contributed by atoms with van der Waals surface area (Å²) in [6.45, 7) is 4.66. The number of ketones is 1. The number of hydrogen-bond donors (Lipinski definition) is 1. The van der Waals surface area contributed by atoms with E-state index in [2.05, 4.69) is 13.8 Å². The van der Waals surface area contributed by atoms with Crippen LogP contribution >= 0.6 is 12.6 Å². The molecule has 4 aliphatic rings. The summed E-state index contributed by atoms with van der Waals surface area (Å²) < 4.78 is 0. The van der Waals surface area contributed by atoms with Gasteiger partial charge in [-0.2, -0.15) is 12.6 Å². The summed E-state index contributed by atoms with van der Waals surface area (Å²) >= 11 is 5.09. The van der Waals surface area contributed by atoms with Gasteiger partial charge in [-0.1, -0.05) is 39.5 Å². The average molecular weight is 377 g/mol. The fourth-order valence-corrected chi connectivity index (χ4v) is 8.28. The Bertz CT molecular complexity index is 500. The SMILES string of the molecule is CC(C)CCCC(S)C1CCC2C1CCC1C3CCCCC3C(=O)CC12. The van der Waals surface area contributed by atoms with E-state index in [0.717, 1.165) is 47.8 Å². The molecule has 0 heterocycles. The zero-order valence-electron chi connectivity index (χ0n) is 17.0. The Labute approximate surface area is 166 Å². The van der Waals surface area contributed by atoms with Gasteiger partial charge in [0.2, 0.25) is 0 Å². The molecule has 2 heteroatoms. The molecule has 0 spiro atoms. The van der Waals surface area contributed by atoms with Crippen LogP contribution in [0, 0.1) is 47.3 Å². The summed E-state index contributed by atoms with van der Waals surface area (Å²) in [5.41, 5.74) is 0. The molecule has 0 aromatic heterocycles. The molecule has 4 aliphatic carbocycles. The van der Waals surface area contributed by atoms with Gasteiger partial charge in [-0.05, 0) is 86.4 Å². The molecule has 0 radical (unpaired) electrons. The van der Waals surface area contributed by atoms with E-state index in [0.29, 0.717) is 17.0 Å². The van der Waals surface area contributed by atoms with Crippen LogP contribution in [0.1, 0.15) is 90.9 Å². The normalized spacial score (nSPS) is 43.7. The average Bonchev–Trinajstić information content (AvgIpc) is 3.06. The Kier molecular flexibility index (Phi) is 6.08. The van der Waals surface area contributed by atoms with Gasteiger partial charge in [-0.25, -0.2) is 0 Å². The van der Waals surface area contributed by atoms with Crippen LogP contribution in [-0.4, -0.2) is 11.0 Å². The second-order valence-corrected chi connectivity index (χ2v) is 11.3. The van der Waals surface area contributed by atoms with E-state index in [-0.39, 0.29) is 0 Å². The van der Waals surface area contributed by atoms with Crippen LogP contribution in [0.15, 0.2) is 0 Å². The van der Waals surface area contributed by atoms with Crippen LogP contribution in [0.4, 0.5) is 0 Å². The lowest BCUT2D eigenvalue weighted by Crippen LogP contribution is -2.48. The van der Waals surface area contributed by atoms with Gasteiger partial charge in [-0.15, -0.1) is 0 Å². The molecule has 0 saturated heterocycles. The lowest BCUT2D eigenvalue weighted by molar-refractivity contribution is -0.137. The molecule has 0 aliphatic heterocycles. The highest BCUT2D eigenvalue weighted by Crippen LogP contribution is 2.59. The highest BCUT2D eigenvalue weighted by atomic mass is 32.1. The number of fused-ring (bicyclic) bond motifs is 5. The molecule has 0 bridgehead atoms. The Balaban J connectivity index is 1.41. The zero-order valence-corrected chi connectivity index (χ0v) is 17.9. The molecule has 0 amide bonds. The molecule has 0 aromatic carbocycles. The minimum atomic E-state index is 0.451. The van der Waals surface area contributed by atoms with E-state index in [9.17, 15) is 4.79 Å². The van der Waals surface area contributed by atoms with Crippen molar-refractivity contribution >= 4 is 18.4 Å². The summed E-state index contributed by atoms with van der Waals surface area (Å²) in [5, 5.41) is 0.599.